The molecule has 33 heavy (non-hydrogen) atoms. The lowest BCUT2D eigenvalue weighted by molar-refractivity contribution is -0.133. The monoisotopic (exact) mass is 452 g/mol. The summed E-state index contributed by atoms with van der Waals surface area (Å²) in [4.78, 5) is 26.0. The Hall–Kier alpha value is -3.22. The average molecular weight is 453 g/mol. The molecule has 7 heteroatoms. The molecule has 0 bridgehead atoms. The van der Waals surface area contributed by atoms with E-state index in [0.717, 1.165) is 47.8 Å². The number of rotatable bonds is 9. The number of anilines is 1. The van der Waals surface area contributed by atoms with Crippen LogP contribution in [0.3, 0.4) is 0 Å². The van der Waals surface area contributed by atoms with E-state index in [2.05, 4.69) is 5.32 Å². The lowest BCUT2D eigenvalue weighted by atomic mass is 10.0. The number of para-hydroxylation sites is 2. The molecule has 0 aromatic heterocycles. The van der Waals surface area contributed by atoms with Gasteiger partial charge >= 0.3 is 0 Å². The number of piperidine rings is 1. The minimum absolute atomic E-state index is 0.0561. The van der Waals surface area contributed by atoms with Crippen LogP contribution in [0.25, 0.3) is 0 Å². The number of fused-ring (bicyclic) bond motifs is 1. The molecule has 0 aliphatic carbocycles. The number of amides is 2. The molecule has 0 spiro atoms. The molecule has 1 saturated heterocycles. The fourth-order valence-electron chi connectivity index (χ4n) is 4.25. The number of aryl methyl sites for hydroxylation is 1. The largest absolute Gasteiger partial charge is 0.494 e. The van der Waals surface area contributed by atoms with E-state index in [4.69, 9.17) is 14.2 Å². The fraction of sp³-hybridized carbons (Fsp3) is 0.462. The van der Waals surface area contributed by atoms with Crippen molar-refractivity contribution in [2.24, 2.45) is 0 Å². The molecule has 2 aliphatic heterocycles. The van der Waals surface area contributed by atoms with Gasteiger partial charge in [-0.25, -0.2) is 0 Å². The summed E-state index contributed by atoms with van der Waals surface area (Å²) in [7, 11) is 0. The second-order valence-electron chi connectivity index (χ2n) is 8.40. The number of nitrogens with one attached hydrogen (secondary N) is 1. The van der Waals surface area contributed by atoms with Crippen molar-refractivity contribution >= 4 is 17.5 Å². The quantitative estimate of drug-likeness (QED) is 0.577. The Morgan fingerprint density at radius 1 is 1.06 bits per heavy atom. The van der Waals surface area contributed by atoms with Gasteiger partial charge in [-0.1, -0.05) is 12.1 Å². The minimum Gasteiger partial charge on any atom is -0.494 e. The first-order chi connectivity index (χ1) is 16.1. The smallest absolute Gasteiger partial charge is 0.224 e. The summed E-state index contributed by atoms with van der Waals surface area (Å²) in [6.45, 7) is 4.46. The Morgan fingerprint density at radius 3 is 2.64 bits per heavy atom. The van der Waals surface area contributed by atoms with E-state index in [9.17, 15) is 9.59 Å². The van der Waals surface area contributed by atoms with Crippen LogP contribution in [0.4, 0.5) is 5.69 Å². The molecule has 0 saturated carbocycles. The molecule has 4 rings (SSSR count). The lowest BCUT2D eigenvalue weighted by Gasteiger charge is -2.32. The lowest BCUT2D eigenvalue weighted by Crippen LogP contribution is -2.41. The van der Waals surface area contributed by atoms with Gasteiger partial charge in [0.05, 0.1) is 13.2 Å². The van der Waals surface area contributed by atoms with Crippen molar-refractivity contribution in [2.45, 2.75) is 51.6 Å². The maximum absolute atomic E-state index is 12.6. The number of hydrogen-bond donors (Lipinski definition) is 1. The highest BCUT2D eigenvalue weighted by Gasteiger charge is 2.24. The van der Waals surface area contributed by atoms with Gasteiger partial charge in [0.15, 0.2) is 11.5 Å². The zero-order valence-electron chi connectivity index (χ0n) is 19.2. The topological polar surface area (TPSA) is 77.1 Å². The summed E-state index contributed by atoms with van der Waals surface area (Å²) in [5.74, 6) is 2.54. The highest BCUT2D eigenvalue weighted by molar-refractivity contribution is 5.94. The van der Waals surface area contributed by atoms with Gasteiger partial charge in [-0.05, 0) is 55.7 Å². The van der Waals surface area contributed by atoms with Crippen LogP contribution in [-0.2, 0) is 16.0 Å². The van der Waals surface area contributed by atoms with Crippen LogP contribution in [0.2, 0.25) is 0 Å². The second kappa shape index (κ2) is 11.1. The van der Waals surface area contributed by atoms with Crippen LogP contribution in [0.15, 0.2) is 42.5 Å². The van der Waals surface area contributed by atoms with Crippen LogP contribution in [-0.4, -0.2) is 49.1 Å². The van der Waals surface area contributed by atoms with Gasteiger partial charge in [0.1, 0.15) is 11.9 Å². The van der Waals surface area contributed by atoms with Gasteiger partial charge in [-0.2, -0.15) is 0 Å². The van der Waals surface area contributed by atoms with Gasteiger partial charge in [-0.3, -0.25) is 9.59 Å². The molecule has 2 heterocycles. The summed E-state index contributed by atoms with van der Waals surface area (Å²) in [6.07, 6.45) is 4.10. The summed E-state index contributed by atoms with van der Waals surface area (Å²) in [5, 5.41) is 2.87. The number of likely N-dealkylation sites (tertiary alicyclic amines) is 1. The number of nitrogens with zero attached hydrogens (tertiary/aromatic N) is 1. The molecule has 0 radical (unpaired) electrons. The molecule has 1 fully saturated rings. The number of carbonyl (C=O) groups excluding carboxylic acids is 2. The van der Waals surface area contributed by atoms with E-state index < -0.39 is 0 Å². The number of hydrogen-bond acceptors (Lipinski definition) is 5. The molecule has 2 aliphatic rings. The number of benzene rings is 2. The minimum atomic E-state index is 0.0561. The molecule has 2 aromatic rings. The maximum atomic E-state index is 12.6. The molecule has 0 unspecified atom stereocenters. The highest BCUT2D eigenvalue weighted by atomic mass is 16.5. The van der Waals surface area contributed by atoms with E-state index >= 15 is 0 Å². The van der Waals surface area contributed by atoms with Crippen LogP contribution >= 0.6 is 0 Å². The molecule has 7 nitrogen and oxygen atoms in total. The predicted octanol–water partition coefficient (Wildman–Crippen LogP) is 4.20. The van der Waals surface area contributed by atoms with Crippen molar-refractivity contribution in [1.29, 1.82) is 0 Å². The third kappa shape index (κ3) is 6.18. The van der Waals surface area contributed by atoms with Crippen molar-refractivity contribution in [2.75, 3.05) is 31.6 Å². The molecule has 2 amide bonds. The Bertz CT molecular complexity index is 969. The molecule has 176 valence electrons. The van der Waals surface area contributed by atoms with Crippen molar-refractivity contribution < 1.29 is 23.8 Å². The summed E-state index contributed by atoms with van der Waals surface area (Å²) >= 11 is 0. The van der Waals surface area contributed by atoms with E-state index in [1.165, 1.54) is 0 Å². The summed E-state index contributed by atoms with van der Waals surface area (Å²) < 4.78 is 17.6. The number of carbonyl (C=O) groups is 2. The van der Waals surface area contributed by atoms with Crippen LogP contribution in [0.5, 0.6) is 17.2 Å². The van der Waals surface area contributed by atoms with Crippen LogP contribution < -0.4 is 19.5 Å². The normalized spacial score (nSPS) is 16.0. The van der Waals surface area contributed by atoms with Gasteiger partial charge in [0.2, 0.25) is 11.8 Å². The third-order valence-electron chi connectivity index (χ3n) is 6.01. The first-order valence-electron chi connectivity index (χ1n) is 11.8. The van der Waals surface area contributed by atoms with Crippen molar-refractivity contribution in [3.63, 3.8) is 0 Å². The SMILES string of the molecule is CCOc1ccccc1OC1CCN(C(=O)CCCOc2ccc3c(c2)CCC(=O)N3)CC1. The molecule has 1 N–H and O–H groups in total. The Balaban J connectivity index is 1.16. The molecular weight excluding hydrogens is 420 g/mol. The first-order valence-corrected chi connectivity index (χ1v) is 11.8. The van der Waals surface area contributed by atoms with E-state index in [0.29, 0.717) is 45.6 Å². The Labute approximate surface area is 195 Å². The van der Waals surface area contributed by atoms with Gasteiger partial charge < -0.3 is 24.4 Å². The Morgan fingerprint density at radius 2 is 1.85 bits per heavy atom. The van der Waals surface area contributed by atoms with Gasteiger partial charge in [0, 0.05) is 44.5 Å². The molecular formula is C26H32N2O5. The Kier molecular flexibility index (Phi) is 7.70. The zero-order chi connectivity index (χ0) is 23.0. The van der Waals surface area contributed by atoms with Gasteiger partial charge in [-0.15, -0.1) is 0 Å². The standard InChI is InChI=1S/C26H32N2O5/c1-2-31-23-6-3-4-7-24(23)33-20-13-15-28(16-14-20)26(30)8-5-17-32-21-10-11-22-19(18-21)9-12-25(29)27-22/h3-4,6-7,10-11,18,20H,2,5,8-9,12-17H2,1H3,(H,27,29). The second-order valence-corrected chi connectivity index (χ2v) is 8.40. The summed E-state index contributed by atoms with van der Waals surface area (Å²) in [5.41, 5.74) is 1.96. The van der Waals surface area contributed by atoms with Crippen molar-refractivity contribution in [1.82, 2.24) is 4.90 Å². The maximum Gasteiger partial charge on any atom is 0.224 e. The fourth-order valence-corrected chi connectivity index (χ4v) is 4.25. The van der Waals surface area contributed by atoms with E-state index in [-0.39, 0.29) is 17.9 Å². The van der Waals surface area contributed by atoms with Crippen LogP contribution in [0, 0.1) is 0 Å². The zero-order valence-corrected chi connectivity index (χ0v) is 19.2. The van der Waals surface area contributed by atoms with Crippen molar-refractivity contribution in [3.8, 4) is 17.2 Å². The molecule has 0 atom stereocenters. The number of ether oxygens (including phenoxy) is 3. The first kappa shape index (κ1) is 23.0. The van der Waals surface area contributed by atoms with Crippen LogP contribution in [0.1, 0.15) is 44.6 Å². The third-order valence-corrected chi connectivity index (χ3v) is 6.01. The van der Waals surface area contributed by atoms with Crippen molar-refractivity contribution in [3.05, 3.63) is 48.0 Å². The average Bonchev–Trinajstić information content (AvgIpc) is 2.83. The van der Waals surface area contributed by atoms with E-state index in [1.807, 2.05) is 54.3 Å². The predicted molar refractivity (Wildman–Crippen MR) is 126 cm³/mol. The van der Waals surface area contributed by atoms with Gasteiger partial charge in [0.25, 0.3) is 0 Å². The summed E-state index contributed by atoms with van der Waals surface area (Å²) in [6, 6.07) is 13.5. The van der Waals surface area contributed by atoms with E-state index in [1.54, 1.807) is 0 Å². The highest BCUT2D eigenvalue weighted by Crippen LogP contribution is 2.30. The molecule has 2 aromatic carbocycles.